The van der Waals surface area contributed by atoms with Gasteiger partial charge in [0.2, 0.25) is 11.8 Å². The molecule has 0 radical (unpaired) electrons. The van der Waals surface area contributed by atoms with Crippen molar-refractivity contribution >= 4 is 51.2 Å². The number of carbonyl (C=O) groups excluding carboxylic acids is 3. The van der Waals surface area contributed by atoms with Crippen molar-refractivity contribution in [3.63, 3.8) is 0 Å². The van der Waals surface area contributed by atoms with Crippen molar-refractivity contribution in [3.8, 4) is 0 Å². The highest BCUT2D eigenvalue weighted by Gasteiger charge is 2.36. The Morgan fingerprint density at radius 2 is 2.08 bits per heavy atom. The number of benzene rings is 1. The normalized spacial score (nSPS) is 18.1. The minimum Gasteiger partial charge on any atom is -0.467 e. The van der Waals surface area contributed by atoms with Crippen molar-refractivity contribution in [1.82, 2.24) is 5.32 Å². The zero-order valence-electron chi connectivity index (χ0n) is 14.2. The van der Waals surface area contributed by atoms with E-state index in [4.69, 9.17) is 4.74 Å². The Kier molecular flexibility index (Phi) is 7.31. The molecule has 1 aliphatic rings. The number of hydrogen-bond acceptors (Lipinski definition) is 5. The van der Waals surface area contributed by atoms with Gasteiger partial charge in [-0.2, -0.15) is 11.8 Å². The largest absolute Gasteiger partial charge is 0.467 e. The fourth-order valence-electron chi connectivity index (χ4n) is 2.67. The number of carbonyl (C=O) groups is 3. The first-order valence-corrected chi connectivity index (χ1v) is 10.1. The van der Waals surface area contributed by atoms with Crippen molar-refractivity contribution < 1.29 is 19.1 Å². The minimum atomic E-state index is -0.679. The lowest BCUT2D eigenvalue weighted by Gasteiger charge is -2.19. The molecule has 25 heavy (non-hydrogen) atoms. The Morgan fingerprint density at radius 1 is 1.40 bits per heavy atom. The van der Waals surface area contributed by atoms with Crippen LogP contribution in [-0.2, 0) is 19.1 Å². The number of thioether (sulfide) groups is 1. The maximum Gasteiger partial charge on any atom is 0.328 e. The van der Waals surface area contributed by atoms with Gasteiger partial charge in [0.05, 0.1) is 13.0 Å². The maximum atomic E-state index is 12.5. The average molecular weight is 429 g/mol. The van der Waals surface area contributed by atoms with Crippen LogP contribution in [0.25, 0.3) is 0 Å². The molecule has 2 rings (SSSR count). The Labute approximate surface area is 159 Å². The number of methoxy groups -OCH3 is 1. The number of esters is 1. The Balaban J connectivity index is 2.01. The first kappa shape index (κ1) is 19.8. The zero-order chi connectivity index (χ0) is 18.4. The summed E-state index contributed by atoms with van der Waals surface area (Å²) >= 11 is 4.95. The third-order valence-electron chi connectivity index (χ3n) is 4.05. The summed E-state index contributed by atoms with van der Waals surface area (Å²) in [6.07, 6.45) is 2.57. The summed E-state index contributed by atoms with van der Waals surface area (Å²) in [6.45, 7) is 0.308. The fourth-order valence-corrected chi connectivity index (χ4v) is 3.41. The smallest absolute Gasteiger partial charge is 0.328 e. The molecule has 1 saturated heterocycles. The number of ether oxygens (including phenoxy) is 1. The molecule has 1 aromatic rings. The van der Waals surface area contributed by atoms with E-state index < -0.39 is 17.9 Å². The average Bonchev–Trinajstić information content (AvgIpc) is 3.00. The SMILES string of the molecule is COC(=O)[C@H](CCSC)NC(=O)[C@H]1CC(=O)N(c2ccc(Br)cc2)C1. The number of anilines is 1. The van der Waals surface area contributed by atoms with Crippen LogP contribution in [0.5, 0.6) is 0 Å². The second-order valence-corrected chi connectivity index (χ2v) is 7.65. The van der Waals surface area contributed by atoms with Gasteiger partial charge in [0.15, 0.2) is 0 Å². The molecule has 0 saturated carbocycles. The van der Waals surface area contributed by atoms with Crippen LogP contribution in [0.4, 0.5) is 5.69 Å². The van der Waals surface area contributed by atoms with Gasteiger partial charge in [-0.05, 0) is 42.7 Å². The molecule has 1 heterocycles. The number of nitrogens with zero attached hydrogens (tertiary/aromatic N) is 1. The molecule has 8 heteroatoms. The molecule has 1 aliphatic heterocycles. The van der Waals surface area contributed by atoms with Crippen LogP contribution in [0.15, 0.2) is 28.7 Å². The summed E-state index contributed by atoms with van der Waals surface area (Å²) in [4.78, 5) is 38.2. The number of halogens is 1. The molecule has 2 amide bonds. The van der Waals surface area contributed by atoms with E-state index in [1.165, 1.54) is 7.11 Å². The summed E-state index contributed by atoms with van der Waals surface area (Å²) in [5.74, 6) is -0.589. The van der Waals surface area contributed by atoms with E-state index in [9.17, 15) is 14.4 Å². The Hall–Kier alpha value is -1.54. The van der Waals surface area contributed by atoms with Crippen molar-refractivity contribution in [1.29, 1.82) is 0 Å². The van der Waals surface area contributed by atoms with Crippen LogP contribution in [0.3, 0.4) is 0 Å². The molecule has 6 nitrogen and oxygen atoms in total. The maximum absolute atomic E-state index is 12.5. The van der Waals surface area contributed by atoms with E-state index in [1.807, 2.05) is 30.5 Å². The van der Waals surface area contributed by atoms with E-state index in [0.29, 0.717) is 13.0 Å². The molecule has 2 atom stereocenters. The second-order valence-electron chi connectivity index (χ2n) is 5.75. The van der Waals surface area contributed by atoms with Crippen LogP contribution in [0.2, 0.25) is 0 Å². The standard InChI is InChI=1S/C17H21BrN2O4S/c1-24-17(23)14(7-8-25-2)19-16(22)11-9-15(21)20(10-11)13-5-3-12(18)4-6-13/h3-6,11,14H,7-10H2,1-2H3,(H,19,22)/t11-,14-/m0/s1. The lowest BCUT2D eigenvalue weighted by atomic mass is 10.1. The Morgan fingerprint density at radius 3 is 2.68 bits per heavy atom. The van der Waals surface area contributed by atoms with Gasteiger partial charge < -0.3 is 15.0 Å². The first-order chi connectivity index (χ1) is 12.0. The van der Waals surface area contributed by atoms with Gasteiger partial charge >= 0.3 is 5.97 Å². The summed E-state index contributed by atoms with van der Waals surface area (Å²) in [5.41, 5.74) is 0.760. The van der Waals surface area contributed by atoms with E-state index in [-0.39, 0.29) is 18.2 Å². The van der Waals surface area contributed by atoms with E-state index in [0.717, 1.165) is 15.9 Å². The highest BCUT2D eigenvalue weighted by Crippen LogP contribution is 2.26. The lowest BCUT2D eigenvalue weighted by molar-refractivity contribution is -0.145. The number of nitrogens with one attached hydrogen (secondary N) is 1. The van der Waals surface area contributed by atoms with Crippen molar-refractivity contribution in [2.75, 3.05) is 30.6 Å². The van der Waals surface area contributed by atoms with E-state index in [1.54, 1.807) is 16.7 Å². The highest BCUT2D eigenvalue weighted by atomic mass is 79.9. The van der Waals surface area contributed by atoms with Gasteiger partial charge in [-0.25, -0.2) is 4.79 Å². The van der Waals surface area contributed by atoms with E-state index in [2.05, 4.69) is 21.2 Å². The monoisotopic (exact) mass is 428 g/mol. The van der Waals surface area contributed by atoms with Gasteiger partial charge in [-0.1, -0.05) is 15.9 Å². The molecular weight excluding hydrogens is 408 g/mol. The first-order valence-electron chi connectivity index (χ1n) is 7.89. The van der Waals surface area contributed by atoms with Gasteiger partial charge in [0, 0.05) is 23.1 Å². The van der Waals surface area contributed by atoms with Crippen LogP contribution in [-0.4, -0.2) is 49.5 Å². The van der Waals surface area contributed by atoms with Crippen LogP contribution < -0.4 is 10.2 Å². The second kappa shape index (κ2) is 9.24. The van der Waals surface area contributed by atoms with Gasteiger partial charge in [0.1, 0.15) is 6.04 Å². The Bertz CT molecular complexity index is 638. The van der Waals surface area contributed by atoms with Gasteiger partial charge in [0.25, 0.3) is 0 Å². The lowest BCUT2D eigenvalue weighted by Crippen LogP contribution is -2.45. The van der Waals surface area contributed by atoms with Crippen molar-refractivity contribution in [3.05, 3.63) is 28.7 Å². The van der Waals surface area contributed by atoms with Crippen LogP contribution >= 0.6 is 27.7 Å². The van der Waals surface area contributed by atoms with Crippen LogP contribution in [0.1, 0.15) is 12.8 Å². The van der Waals surface area contributed by atoms with Crippen LogP contribution in [0, 0.1) is 5.92 Å². The summed E-state index contributed by atoms with van der Waals surface area (Å²) < 4.78 is 5.67. The molecule has 0 spiro atoms. The third kappa shape index (κ3) is 5.22. The molecule has 0 aliphatic carbocycles. The summed E-state index contributed by atoms with van der Waals surface area (Å²) in [6, 6.07) is 6.69. The third-order valence-corrected chi connectivity index (χ3v) is 5.22. The molecule has 0 unspecified atom stereocenters. The van der Waals surface area contributed by atoms with Crippen molar-refractivity contribution in [2.24, 2.45) is 5.92 Å². The zero-order valence-corrected chi connectivity index (χ0v) is 16.6. The fraction of sp³-hybridized carbons (Fsp3) is 0.471. The number of amides is 2. The van der Waals surface area contributed by atoms with Crippen molar-refractivity contribution in [2.45, 2.75) is 18.9 Å². The number of rotatable bonds is 7. The highest BCUT2D eigenvalue weighted by molar-refractivity contribution is 9.10. The number of hydrogen-bond donors (Lipinski definition) is 1. The van der Waals surface area contributed by atoms with Gasteiger partial charge in [-0.15, -0.1) is 0 Å². The molecule has 1 aromatic carbocycles. The molecule has 0 bridgehead atoms. The molecule has 1 fully saturated rings. The molecular formula is C17H21BrN2O4S. The molecule has 1 N–H and O–H groups in total. The summed E-state index contributed by atoms with van der Waals surface area (Å²) in [5, 5.41) is 2.73. The molecule has 0 aromatic heterocycles. The minimum absolute atomic E-state index is 0.0961. The molecule has 136 valence electrons. The topological polar surface area (TPSA) is 75.7 Å². The van der Waals surface area contributed by atoms with E-state index >= 15 is 0 Å². The predicted molar refractivity (Wildman–Crippen MR) is 102 cm³/mol. The quantitative estimate of drug-likeness (QED) is 0.673. The summed E-state index contributed by atoms with van der Waals surface area (Å²) in [7, 11) is 1.30. The van der Waals surface area contributed by atoms with Gasteiger partial charge in [-0.3, -0.25) is 9.59 Å². The predicted octanol–water partition coefficient (Wildman–Crippen LogP) is 2.21.